The highest BCUT2D eigenvalue weighted by Crippen LogP contribution is 2.23. The average Bonchev–Trinajstić information content (AvgIpc) is 3.10. The maximum absolute atomic E-state index is 13.2. The predicted octanol–water partition coefficient (Wildman–Crippen LogP) is 4.68. The van der Waals surface area contributed by atoms with Crippen molar-refractivity contribution in [2.75, 3.05) is 13.1 Å². The van der Waals surface area contributed by atoms with Crippen LogP contribution in [-0.4, -0.2) is 39.6 Å². The Labute approximate surface area is 178 Å². The maximum atomic E-state index is 13.2. The molecule has 1 unspecified atom stereocenters. The van der Waals surface area contributed by atoms with Gasteiger partial charge in [-0.15, -0.1) is 0 Å². The molecule has 2 aromatic rings. The summed E-state index contributed by atoms with van der Waals surface area (Å²) in [6, 6.07) is 7.13. The van der Waals surface area contributed by atoms with Gasteiger partial charge in [-0.05, 0) is 56.2 Å². The topological polar surface area (TPSA) is 50.2 Å². The van der Waals surface area contributed by atoms with E-state index in [2.05, 4.69) is 21.8 Å². The van der Waals surface area contributed by atoms with Gasteiger partial charge in [0, 0.05) is 44.0 Å². The van der Waals surface area contributed by atoms with Crippen molar-refractivity contribution in [3.8, 4) is 0 Å². The quantitative estimate of drug-likeness (QED) is 0.775. The molecular formula is C24H33FN4O. The van der Waals surface area contributed by atoms with Crippen LogP contribution >= 0.6 is 0 Å². The Bertz CT molecular complexity index is 841. The Kier molecular flexibility index (Phi) is 6.70. The molecule has 2 aliphatic rings. The molecule has 2 fully saturated rings. The van der Waals surface area contributed by atoms with Gasteiger partial charge in [-0.2, -0.15) is 0 Å². The van der Waals surface area contributed by atoms with E-state index in [0.717, 1.165) is 62.3 Å². The lowest BCUT2D eigenvalue weighted by Gasteiger charge is -2.34. The van der Waals surface area contributed by atoms with E-state index in [1.165, 1.54) is 31.4 Å². The standard InChI is InChI=1S/C24H33FN4O/c1-18-15-26-23(29(18)17-19-9-11-21(25)12-10-19)14-20-6-5-13-28(16-20)24(30)27-22-7-3-2-4-8-22/h9-12,15,20,22H,2-8,13-14,16-17H2,1H3,(H,27,30). The van der Waals surface area contributed by atoms with E-state index in [1.54, 1.807) is 0 Å². The summed E-state index contributed by atoms with van der Waals surface area (Å²) in [6.07, 6.45) is 10.9. The minimum absolute atomic E-state index is 0.109. The van der Waals surface area contributed by atoms with Crippen molar-refractivity contribution in [2.45, 2.75) is 70.9 Å². The molecule has 0 radical (unpaired) electrons. The number of likely N-dealkylation sites (tertiary alicyclic amines) is 1. The minimum Gasteiger partial charge on any atom is -0.335 e. The molecule has 6 heteroatoms. The van der Waals surface area contributed by atoms with Gasteiger partial charge >= 0.3 is 6.03 Å². The van der Waals surface area contributed by atoms with Crippen LogP contribution in [-0.2, 0) is 13.0 Å². The Morgan fingerprint density at radius 3 is 2.67 bits per heavy atom. The summed E-state index contributed by atoms with van der Waals surface area (Å²) in [5.41, 5.74) is 2.17. The number of aromatic nitrogens is 2. The van der Waals surface area contributed by atoms with Crippen LogP contribution in [0.3, 0.4) is 0 Å². The zero-order valence-corrected chi connectivity index (χ0v) is 17.9. The molecule has 1 aliphatic heterocycles. The number of aryl methyl sites for hydroxylation is 1. The molecule has 1 saturated heterocycles. The number of rotatable bonds is 5. The third-order valence-electron chi connectivity index (χ3n) is 6.60. The van der Waals surface area contributed by atoms with Gasteiger partial charge in [-0.25, -0.2) is 14.2 Å². The summed E-state index contributed by atoms with van der Waals surface area (Å²) in [4.78, 5) is 19.4. The number of benzene rings is 1. The van der Waals surface area contributed by atoms with E-state index in [9.17, 15) is 9.18 Å². The van der Waals surface area contributed by atoms with Gasteiger partial charge < -0.3 is 14.8 Å². The first-order valence-electron chi connectivity index (χ1n) is 11.4. The zero-order chi connectivity index (χ0) is 20.9. The lowest BCUT2D eigenvalue weighted by molar-refractivity contribution is 0.158. The van der Waals surface area contributed by atoms with Crippen LogP contribution in [0.4, 0.5) is 9.18 Å². The van der Waals surface area contributed by atoms with E-state index in [0.29, 0.717) is 18.5 Å². The van der Waals surface area contributed by atoms with E-state index < -0.39 is 0 Å². The highest BCUT2D eigenvalue weighted by molar-refractivity contribution is 5.74. The molecule has 30 heavy (non-hydrogen) atoms. The second kappa shape index (κ2) is 9.63. The largest absolute Gasteiger partial charge is 0.335 e. The molecular weight excluding hydrogens is 379 g/mol. The number of piperidine rings is 1. The smallest absolute Gasteiger partial charge is 0.317 e. The van der Waals surface area contributed by atoms with Gasteiger partial charge in [-0.1, -0.05) is 31.4 Å². The average molecular weight is 413 g/mol. The molecule has 4 rings (SSSR count). The van der Waals surface area contributed by atoms with E-state index in [-0.39, 0.29) is 11.8 Å². The molecule has 1 N–H and O–H groups in total. The van der Waals surface area contributed by atoms with Crippen LogP contribution in [0.2, 0.25) is 0 Å². The van der Waals surface area contributed by atoms with Gasteiger partial charge in [-0.3, -0.25) is 0 Å². The van der Waals surface area contributed by atoms with Gasteiger partial charge in [0.25, 0.3) is 0 Å². The fourth-order valence-electron chi connectivity index (χ4n) is 4.85. The lowest BCUT2D eigenvalue weighted by atomic mass is 9.94. The Morgan fingerprint density at radius 1 is 1.13 bits per heavy atom. The third-order valence-corrected chi connectivity index (χ3v) is 6.60. The second-order valence-electron chi connectivity index (χ2n) is 8.97. The highest BCUT2D eigenvalue weighted by atomic mass is 19.1. The molecule has 1 atom stereocenters. The first-order chi connectivity index (χ1) is 14.6. The number of amides is 2. The van der Waals surface area contributed by atoms with Crippen molar-refractivity contribution >= 4 is 6.03 Å². The molecule has 162 valence electrons. The number of nitrogens with zero attached hydrogens (tertiary/aromatic N) is 3. The van der Waals surface area contributed by atoms with Gasteiger partial charge in [0.2, 0.25) is 0 Å². The molecule has 5 nitrogen and oxygen atoms in total. The van der Waals surface area contributed by atoms with E-state index in [4.69, 9.17) is 0 Å². The molecule has 1 aromatic heterocycles. The van der Waals surface area contributed by atoms with Gasteiger partial charge in [0.15, 0.2) is 0 Å². The lowest BCUT2D eigenvalue weighted by Crippen LogP contribution is -2.49. The first kappa shape index (κ1) is 20.9. The second-order valence-corrected chi connectivity index (χ2v) is 8.97. The van der Waals surface area contributed by atoms with Crippen LogP contribution < -0.4 is 5.32 Å². The van der Waals surface area contributed by atoms with Crippen LogP contribution in [0.15, 0.2) is 30.5 Å². The normalized spacial score (nSPS) is 20.3. The summed E-state index contributed by atoms with van der Waals surface area (Å²) in [6.45, 7) is 4.39. The Morgan fingerprint density at radius 2 is 1.90 bits per heavy atom. The number of hydrogen-bond donors (Lipinski definition) is 1. The SMILES string of the molecule is Cc1cnc(CC2CCCN(C(=O)NC3CCCCC3)C2)n1Cc1ccc(F)cc1. The number of urea groups is 1. The third kappa shape index (κ3) is 5.21. The van der Waals surface area contributed by atoms with Crippen LogP contribution in [0.1, 0.15) is 62.0 Å². The number of nitrogens with one attached hydrogen (secondary N) is 1. The van der Waals surface area contributed by atoms with E-state index >= 15 is 0 Å². The van der Waals surface area contributed by atoms with Crippen molar-refractivity contribution in [3.05, 3.63) is 53.4 Å². The Balaban J connectivity index is 1.37. The van der Waals surface area contributed by atoms with Crippen LogP contribution in [0.25, 0.3) is 0 Å². The number of carbonyl (C=O) groups excluding carboxylic acids is 1. The maximum Gasteiger partial charge on any atom is 0.317 e. The molecule has 0 bridgehead atoms. The zero-order valence-electron chi connectivity index (χ0n) is 17.9. The van der Waals surface area contributed by atoms with Crippen molar-refractivity contribution < 1.29 is 9.18 Å². The molecule has 1 aliphatic carbocycles. The Hall–Kier alpha value is -2.37. The predicted molar refractivity (Wildman–Crippen MR) is 116 cm³/mol. The summed E-state index contributed by atoms with van der Waals surface area (Å²) < 4.78 is 15.4. The molecule has 2 amide bonds. The summed E-state index contributed by atoms with van der Waals surface area (Å²) in [7, 11) is 0. The number of carbonyl (C=O) groups is 1. The summed E-state index contributed by atoms with van der Waals surface area (Å²) in [5.74, 6) is 1.26. The fourth-order valence-corrected chi connectivity index (χ4v) is 4.85. The van der Waals surface area contributed by atoms with Gasteiger partial charge in [0.05, 0.1) is 0 Å². The molecule has 1 saturated carbocycles. The summed E-state index contributed by atoms with van der Waals surface area (Å²) >= 11 is 0. The molecule has 2 heterocycles. The number of imidazole rings is 1. The van der Waals surface area contributed by atoms with E-state index in [1.807, 2.05) is 23.2 Å². The van der Waals surface area contributed by atoms with Gasteiger partial charge in [0.1, 0.15) is 11.6 Å². The summed E-state index contributed by atoms with van der Waals surface area (Å²) in [5, 5.41) is 3.26. The van der Waals surface area contributed by atoms with Crippen LogP contribution in [0.5, 0.6) is 0 Å². The first-order valence-corrected chi connectivity index (χ1v) is 11.4. The minimum atomic E-state index is -0.213. The van der Waals surface area contributed by atoms with Crippen LogP contribution in [0, 0.1) is 18.7 Å². The van der Waals surface area contributed by atoms with Crippen molar-refractivity contribution in [2.24, 2.45) is 5.92 Å². The number of halogens is 1. The van der Waals surface area contributed by atoms with Crippen molar-refractivity contribution in [3.63, 3.8) is 0 Å². The van der Waals surface area contributed by atoms with Crippen molar-refractivity contribution in [1.29, 1.82) is 0 Å². The molecule has 0 spiro atoms. The number of hydrogen-bond acceptors (Lipinski definition) is 2. The fraction of sp³-hybridized carbons (Fsp3) is 0.583. The monoisotopic (exact) mass is 412 g/mol. The van der Waals surface area contributed by atoms with Crippen molar-refractivity contribution in [1.82, 2.24) is 19.8 Å². The highest BCUT2D eigenvalue weighted by Gasteiger charge is 2.27. The molecule has 1 aromatic carbocycles.